The van der Waals surface area contributed by atoms with Crippen molar-refractivity contribution in [1.82, 2.24) is 10.6 Å². The number of aryl methyl sites for hydroxylation is 1. The highest BCUT2D eigenvalue weighted by molar-refractivity contribution is 5.79. The zero-order valence-electron chi connectivity index (χ0n) is 18.2. The van der Waals surface area contributed by atoms with E-state index < -0.39 is 0 Å². The third-order valence-corrected chi connectivity index (χ3v) is 4.98. The van der Waals surface area contributed by atoms with E-state index >= 15 is 0 Å². The summed E-state index contributed by atoms with van der Waals surface area (Å²) in [4.78, 5) is 4.34. The number of benzene rings is 2. The van der Waals surface area contributed by atoms with Crippen molar-refractivity contribution in [3.8, 4) is 11.5 Å². The summed E-state index contributed by atoms with van der Waals surface area (Å²) in [5.74, 6) is 3.28. The average Bonchev–Trinajstić information content (AvgIpc) is 3.58. The molecule has 2 aromatic carbocycles. The van der Waals surface area contributed by atoms with E-state index in [1.54, 1.807) is 14.2 Å². The van der Waals surface area contributed by atoms with E-state index in [-0.39, 0.29) is 0 Å². The van der Waals surface area contributed by atoms with Crippen molar-refractivity contribution < 1.29 is 14.2 Å². The van der Waals surface area contributed by atoms with Crippen LogP contribution in [-0.4, -0.2) is 39.9 Å². The summed E-state index contributed by atoms with van der Waals surface area (Å²) in [6.45, 7) is 5.32. The number of hydrogen-bond donors (Lipinski definition) is 2. The molecule has 0 aliphatic heterocycles. The molecule has 3 rings (SSSR count). The van der Waals surface area contributed by atoms with Gasteiger partial charge in [0, 0.05) is 32.8 Å². The van der Waals surface area contributed by atoms with Gasteiger partial charge in [0.15, 0.2) is 5.96 Å². The minimum atomic E-state index is 0.540. The Labute approximate surface area is 179 Å². The number of rotatable bonds is 11. The van der Waals surface area contributed by atoms with Crippen LogP contribution in [-0.2, 0) is 17.8 Å². The summed E-state index contributed by atoms with van der Waals surface area (Å²) in [5, 5.41) is 6.75. The number of nitrogens with one attached hydrogen (secondary N) is 2. The molecule has 0 aromatic heterocycles. The number of ether oxygens (including phenoxy) is 3. The molecule has 1 saturated carbocycles. The van der Waals surface area contributed by atoms with Crippen LogP contribution in [0, 0.1) is 12.8 Å². The molecule has 2 N–H and O–H groups in total. The molecule has 6 nitrogen and oxygen atoms in total. The molecule has 0 heterocycles. The monoisotopic (exact) mass is 411 g/mol. The molecule has 6 heteroatoms. The fourth-order valence-electron chi connectivity index (χ4n) is 3.01. The summed E-state index contributed by atoms with van der Waals surface area (Å²) in [6, 6.07) is 14.4. The van der Waals surface area contributed by atoms with Gasteiger partial charge in [0.1, 0.15) is 18.1 Å². The zero-order chi connectivity index (χ0) is 21.2. The molecular weight excluding hydrogens is 378 g/mol. The van der Waals surface area contributed by atoms with Crippen molar-refractivity contribution in [3.63, 3.8) is 0 Å². The van der Waals surface area contributed by atoms with E-state index in [2.05, 4.69) is 46.8 Å². The molecular formula is C24H33N3O3. The van der Waals surface area contributed by atoms with E-state index in [0.717, 1.165) is 41.1 Å². The van der Waals surface area contributed by atoms with Crippen molar-refractivity contribution in [1.29, 1.82) is 0 Å². The molecule has 1 aliphatic carbocycles. The van der Waals surface area contributed by atoms with Gasteiger partial charge in [0.25, 0.3) is 0 Å². The second kappa shape index (κ2) is 11.5. The Balaban J connectivity index is 1.51. The summed E-state index contributed by atoms with van der Waals surface area (Å²) in [7, 11) is 3.44. The molecule has 1 aliphatic rings. The van der Waals surface area contributed by atoms with Gasteiger partial charge < -0.3 is 24.8 Å². The minimum Gasteiger partial charge on any atom is -0.493 e. The quantitative estimate of drug-likeness (QED) is 0.336. The van der Waals surface area contributed by atoms with Gasteiger partial charge in [0.05, 0.1) is 13.2 Å². The third-order valence-electron chi connectivity index (χ3n) is 4.98. The molecule has 0 bridgehead atoms. The lowest BCUT2D eigenvalue weighted by Crippen LogP contribution is -2.36. The first-order valence-electron chi connectivity index (χ1n) is 10.6. The molecule has 0 amide bonds. The SMILES string of the molecule is CN=C(NCc1cccc(OCCOC)c1)NCc1ccc(C)cc1OCC1CC1. The first-order chi connectivity index (χ1) is 14.7. The lowest BCUT2D eigenvalue weighted by molar-refractivity contribution is 0.146. The maximum Gasteiger partial charge on any atom is 0.191 e. The highest BCUT2D eigenvalue weighted by atomic mass is 16.5. The van der Waals surface area contributed by atoms with Crippen LogP contribution < -0.4 is 20.1 Å². The van der Waals surface area contributed by atoms with E-state index in [0.29, 0.717) is 26.3 Å². The molecule has 2 aromatic rings. The number of aliphatic imine (C=N–C) groups is 1. The topological polar surface area (TPSA) is 64.1 Å². The summed E-state index contributed by atoms with van der Waals surface area (Å²) in [6.07, 6.45) is 2.57. The highest BCUT2D eigenvalue weighted by Gasteiger charge is 2.22. The lowest BCUT2D eigenvalue weighted by atomic mass is 10.1. The fraction of sp³-hybridized carbons (Fsp3) is 0.458. The maximum atomic E-state index is 6.07. The van der Waals surface area contributed by atoms with Crippen LogP contribution in [0.1, 0.15) is 29.5 Å². The van der Waals surface area contributed by atoms with Crippen LogP contribution >= 0.6 is 0 Å². The predicted octanol–water partition coefficient (Wildman–Crippen LogP) is 3.67. The second-order valence-corrected chi connectivity index (χ2v) is 7.63. The van der Waals surface area contributed by atoms with Crippen LogP contribution in [0.3, 0.4) is 0 Å². The largest absolute Gasteiger partial charge is 0.493 e. The fourth-order valence-corrected chi connectivity index (χ4v) is 3.01. The molecule has 0 saturated heterocycles. The van der Waals surface area contributed by atoms with Gasteiger partial charge in [0.2, 0.25) is 0 Å². The van der Waals surface area contributed by atoms with Gasteiger partial charge >= 0.3 is 0 Å². The molecule has 30 heavy (non-hydrogen) atoms. The van der Waals surface area contributed by atoms with E-state index in [1.165, 1.54) is 18.4 Å². The number of guanidine groups is 1. The molecule has 0 spiro atoms. The van der Waals surface area contributed by atoms with E-state index in [9.17, 15) is 0 Å². The first-order valence-corrected chi connectivity index (χ1v) is 10.6. The van der Waals surface area contributed by atoms with Crippen molar-refractivity contribution >= 4 is 5.96 Å². The van der Waals surface area contributed by atoms with Crippen LogP contribution in [0.25, 0.3) is 0 Å². The Morgan fingerprint density at radius 3 is 2.63 bits per heavy atom. The lowest BCUT2D eigenvalue weighted by Gasteiger charge is -2.16. The minimum absolute atomic E-state index is 0.540. The van der Waals surface area contributed by atoms with Crippen molar-refractivity contribution in [2.45, 2.75) is 32.9 Å². The highest BCUT2D eigenvalue weighted by Crippen LogP contribution is 2.30. The molecule has 1 fully saturated rings. The molecule has 0 atom stereocenters. The van der Waals surface area contributed by atoms with Gasteiger partial charge in [-0.2, -0.15) is 0 Å². The number of nitrogens with zero attached hydrogens (tertiary/aromatic N) is 1. The standard InChI is InChI=1S/C24H33N3O3/c1-18-7-10-21(23(13-18)30-17-19-8-9-19)16-27-24(25-2)26-15-20-5-4-6-22(14-20)29-12-11-28-3/h4-7,10,13-14,19H,8-9,11-12,15-17H2,1-3H3,(H2,25,26,27). The van der Waals surface area contributed by atoms with Gasteiger partial charge in [-0.05, 0) is 55.0 Å². The van der Waals surface area contributed by atoms with Gasteiger partial charge in [-0.3, -0.25) is 4.99 Å². The van der Waals surface area contributed by atoms with Gasteiger partial charge in [-0.15, -0.1) is 0 Å². The normalized spacial score (nSPS) is 13.8. The summed E-state index contributed by atoms with van der Waals surface area (Å²) in [5.41, 5.74) is 3.47. The van der Waals surface area contributed by atoms with Gasteiger partial charge in [-0.25, -0.2) is 0 Å². The molecule has 0 unspecified atom stereocenters. The average molecular weight is 412 g/mol. The number of methoxy groups -OCH3 is 1. The Morgan fingerprint density at radius 1 is 1.03 bits per heavy atom. The predicted molar refractivity (Wildman–Crippen MR) is 120 cm³/mol. The van der Waals surface area contributed by atoms with Crippen molar-refractivity contribution in [2.75, 3.05) is 34.0 Å². The van der Waals surface area contributed by atoms with Crippen LogP contribution in [0.2, 0.25) is 0 Å². The maximum absolute atomic E-state index is 6.07. The Bertz CT molecular complexity index is 834. The third kappa shape index (κ3) is 7.26. The summed E-state index contributed by atoms with van der Waals surface area (Å²) < 4.78 is 16.8. The second-order valence-electron chi connectivity index (χ2n) is 7.63. The molecule has 162 valence electrons. The van der Waals surface area contributed by atoms with Crippen LogP contribution in [0.15, 0.2) is 47.5 Å². The zero-order valence-corrected chi connectivity index (χ0v) is 18.2. The van der Waals surface area contributed by atoms with Gasteiger partial charge in [-0.1, -0.05) is 24.3 Å². The van der Waals surface area contributed by atoms with E-state index in [4.69, 9.17) is 14.2 Å². The molecule has 0 radical (unpaired) electrons. The smallest absolute Gasteiger partial charge is 0.191 e. The summed E-state index contributed by atoms with van der Waals surface area (Å²) >= 11 is 0. The Morgan fingerprint density at radius 2 is 1.87 bits per heavy atom. The Hall–Kier alpha value is -2.73. The van der Waals surface area contributed by atoms with E-state index in [1.807, 2.05) is 18.2 Å². The van der Waals surface area contributed by atoms with Crippen LogP contribution in [0.4, 0.5) is 0 Å². The first kappa shape index (κ1) is 22.0. The number of hydrogen-bond acceptors (Lipinski definition) is 4. The van der Waals surface area contributed by atoms with Crippen molar-refractivity contribution in [2.24, 2.45) is 10.9 Å². The van der Waals surface area contributed by atoms with Crippen LogP contribution in [0.5, 0.6) is 11.5 Å². The Kier molecular flexibility index (Phi) is 8.39. The van der Waals surface area contributed by atoms with Crippen molar-refractivity contribution in [3.05, 3.63) is 59.2 Å².